The van der Waals surface area contributed by atoms with Gasteiger partial charge in [-0.05, 0) is 116 Å². The van der Waals surface area contributed by atoms with Gasteiger partial charge < -0.3 is 15.2 Å². The summed E-state index contributed by atoms with van der Waals surface area (Å²) < 4.78 is 45.8. The number of fused-ring (bicyclic) bond motifs is 7. The van der Waals surface area contributed by atoms with Gasteiger partial charge in [0.15, 0.2) is 5.78 Å². The fourth-order valence-corrected chi connectivity index (χ4v) is 12.1. The number of hydrogen-bond acceptors (Lipinski definition) is 5. The van der Waals surface area contributed by atoms with Crippen molar-refractivity contribution in [2.24, 2.45) is 56.2 Å². The van der Waals surface area contributed by atoms with Gasteiger partial charge in [-0.2, -0.15) is 13.2 Å². The molecular weight excluding hydrogens is 623 g/mol. The molecule has 0 aromatic heterocycles. The third-order valence-electron chi connectivity index (χ3n) is 14.7. The van der Waals surface area contributed by atoms with E-state index in [9.17, 15) is 37.5 Å². The summed E-state index contributed by atoms with van der Waals surface area (Å²) in [5.41, 5.74) is -1.75. The van der Waals surface area contributed by atoms with Gasteiger partial charge in [-0.25, -0.2) is 0 Å². The number of ether oxygens (including phenoxy) is 1. The number of halogens is 3. The van der Waals surface area contributed by atoms with Crippen LogP contribution in [-0.4, -0.2) is 47.6 Å². The first-order chi connectivity index (χ1) is 21.9. The fourth-order valence-electron chi connectivity index (χ4n) is 12.1. The minimum atomic E-state index is -4.54. The van der Waals surface area contributed by atoms with Crippen molar-refractivity contribution < 1.29 is 42.2 Å². The largest absolute Gasteiger partial charge is 0.481 e. The van der Waals surface area contributed by atoms with E-state index < -0.39 is 41.4 Å². The molecule has 7 nitrogen and oxygen atoms in total. The van der Waals surface area contributed by atoms with Crippen LogP contribution in [0, 0.1) is 56.2 Å². The zero-order chi connectivity index (χ0) is 36.0. The van der Waals surface area contributed by atoms with Crippen molar-refractivity contribution in [2.45, 2.75) is 139 Å². The van der Waals surface area contributed by atoms with Crippen LogP contribution in [-0.2, 0) is 23.9 Å². The Kier molecular flexibility index (Phi) is 8.89. The molecule has 0 saturated heterocycles. The third-order valence-corrected chi connectivity index (χ3v) is 14.7. The van der Waals surface area contributed by atoms with Gasteiger partial charge >= 0.3 is 18.1 Å². The number of alkyl halides is 3. The highest BCUT2D eigenvalue weighted by Gasteiger charge is 2.71. The monoisotopic (exact) mass is 679 g/mol. The number of nitrogens with one attached hydrogen (secondary N) is 1. The van der Waals surface area contributed by atoms with Gasteiger partial charge in [-0.3, -0.25) is 19.2 Å². The summed E-state index contributed by atoms with van der Waals surface area (Å²) in [5.74, 6) is -1.90. The molecule has 8 atom stereocenters. The van der Waals surface area contributed by atoms with Crippen molar-refractivity contribution in [3.8, 4) is 0 Å². The number of carboxylic acids is 1. The fraction of sp³-hybridized carbons (Fsp3) is 0.842. The minimum absolute atomic E-state index is 0.0516. The van der Waals surface area contributed by atoms with Gasteiger partial charge in [-0.1, -0.05) is 48.5 Å². The van der Waals surface area contributed by atoms with Crippen LogP contribution in [0.25, 0.3) is 0 Å². The molecule has 0 bridgehead atoms. The van der Waals surface area contributed by atoms with Crippen molar-refractivity contribution in [1.29, 1.82) is 0 Å². The van der Waals surface area contributed by atoms with Crippen LogP contribution in [0.1, 0.15) is 127 Å². The second kappa shape index (κ2) is 11.6. The summed E-state index contributed by atoms with van der Waals surface area (Å²) in [6, 6.07) is 0. The Morgan fingerprint density at radius 3 is 2.15 bits per heavy atom. The number of carbonyl (C=O) groups is 4. The summed E-state index contributed by atoms with van der Waals surface area (Å²) in [7, 11) is 0. The highest BCUT2D eigenvalue weighted by atomic mass is 19.4. The number of carbonyl (C=O) groups excluding carboxylic acids is 3. The number of carboxylic acid groups (broad SMARTS) is 1. The quantitative estimate of drug-likeness (QED) is 0.264. The molecule has 0 radical (unpaired) electrons. The van der Waals surface area contributed by atoms with Crippen LogP contribution < -0.4 is 5.32 Å². The maximum absolute atomic E-state index is 13.8. The number of hydrogen-bond donors (Lipinski definition) is 2. The van der Waals surface area contributed by atoms with E-state index in [1.54, 1.807) is 0 Å². The Morgan fingerprint density at radius 2 is 1.56 bits per heavy atom. The molecule has 270 valence electrons. The van der Waals surface area contributed by atoms with Crippen LogP contribution in [0.2, 0.25) is 0 Å². The lowest BCUT2D eigenvalue weighted by Crippen LogP contribution is -2.66. The van der Waals surface area contributed by atoms with Crippen molar-refractivity contribution in [1.82, 2.24) is 5.32 Å². The van der Waals surface area contributed by atoms with E-state index in [4.69, 9.17) is 4.74 Å². The highest BCUT2D eigenvalue weighted by molar-refractivity contribution is 6.07. The average molecular weight is 680 g/mol. The Balaban J connectivity index is 1.46. The first-order valence-electron chi connectivity index (χ1n) is 17.9. The molecule has 10 heteroatoms. The van der Waals surface area contributed by atoms with Gasteiger partial charge in [0.1, 0.15) is 12.6 Å². The molecular formula is C38H56F3NO6. The Hall–Kier alpha value is -2.39. The van der Waals surface area contributed by atoms with Crippen molar-refractivity contribution in [2.75, 3.05) is 6.54 Å². The molecule has 0 spiro atoms. The molecule has 4 saturated carbocycles. The number of allylic oxidation sites excluding steroid dienone is 1. The molecule has 0 aliphatic heterocycles. The average Bonchev–Trinajstić information content (AvgIpc) is 3.26. The van der Waals surface area contributed by atoms with Crippen LogP contribution >= 0.6 is 0 Å². The first kappa shape index (κ1) is 36.9. The summed E-state index contributed by atoms with van der Waals surface area (Å²) in [5, 5.41) is 11.7. The summed E-state index contributed by atoms with van der Waals surface area (Å²) in [4.78, 5) is 52.0. The van der Waals surface area contributed by atoms with E-state index in [2.05, 4.69) is 39.9 Å². The molecule has 0 aromatic rings. The molecule has 1 amide bonds. The van der Waals surface area contributed by atoms with E-state index in [0.717, 1.165) is 37.7 Å². The molecule has 48 heavy (non-hydrogen) atoms. The Labute approximate surface area is 283 Å². The zero-order valence-corrected chi connectivity index (χ0v) is 30.3. The lowest BCUT2D eigenvalue weighted by Gasteiger charge is -2.72. The number of Topliss-reactive ketones (excluding diaryl/α,β-unsaturated/α-hetero) is 1. The van der Waals surface area contributed by atoms with E-state index >= 15 is 0 Å². The number of esters is 1. The summed E-state index contributed by atoms with van der Waals surface area (Å²) >= 11 is 0. The molecule has 5 aliphatic carbocycles. The molecule has 5 rings (SSSR count). The number of ketones is 1. The van der Waals surface area contributed by atoms with Gasteiger partial charge in [-0.15, -0.1) is 0 Å². The second-order valence-corrected chi connectivity index (χ2v) is 18.3. The predicted molar refractivity (Wildman–Crippen MR) is 174 cm³/mol. The van der Waals surface area contributed by atoms with E-state index in [0.29, 0.717) is 30.8 Å². The van der Waals surface area contributed by atoms with Crippen LogP contribution in [0.4, 0.5) is 13.2 Å². The van der Waals surface area contributed by atoms with Gasteiger partial charge in [0, 0.05) is 11.8 Å². The predicted octanol–water partition coefficient (Wildman–Crippen LogP) is 8.06. The molecule has 0 heterocycles. The lowest BCUT2D eigenvalue weighted by atomic mass is 9.33. The van der Waals surface area contributed by atoms with Crippen LogP contribution in [0.3, 0.4) is 0 Å². The zero-order valence-electron chi connectivity index (χ0n) is 30.3. The lowest BCUT2D eigenvalue weighted by molar-refractivity contribution is -0.233. The van der Waals surface area contributed by atoms with Crippen LogP contribution in [0.5, 0.6) is 0 Å². The normalized spacial score (nSPS) is 39.2. The number of rotatable bonds is 7. The molecule has 0 aromatic carbocycles. The third kappa shape index (κ3) is 5.44. The Morgan fingerprint density at radius 1 is 0.917 bits per heavy atom. The minimum Gasteiger partial charge on any atom is -0.481 e. The molecule has 5 aliphatic rings. The maximum Gasteiger partial charge on any atom is 0.405 e. The van der Waals surface area contributed by atoms with Gasteiger partial charge in [0.25, 0.3) is 0 Å². The maximum atomic E-state index is 13.8. The van der Waals surface area contributed by atoms with E-state index in [1.807, 2.05) is 13.8 Å². The topological polar surface area (TPSA) is 110 Å². The van der Waals surface area contributed by atoms with Gasteiger partial charge in [0.05, 0.1) is 17.3 Å². The molecule has 4 fully saturated rings. The highest BCUT2D eigenvalue weighted by Crippen LogP contribution is 2.76. The summed E-state index contributed by atoms with van der Waals surface area (Å²) in [6.07, 6.45) is 0.974. The van der Waals surface area contributed by atoms with Gasteiger partial charge in [0.2, 0.25) is 5.91 Å². The number of aliphatic carboxylic acids is 1. The SMILES string of the molecule is CC(C)C1=C2[C@H]3CC[C@@H]4[C@@]5(C)CC[C@H](OC(=O)CC(C)(C)C(=O)O)C(C)(C)[C@@H]5CC[C@@]4(C)[C@]3(C)CC[C@@]2(C(=O)NCC(F)(F)F)CC1=O. The van der Waals surface area contributed by atoms with E-state index in [1.165, 1.54) is 13.8 Å². The Bertz CT molecular complexity index is 1410. The molecule has 2 N–H and O–H groups in total. The van der Waals surface area contributed by atoms with Crippen molar-refractivity contribution in [3.05, 3.63) is 11.1 Å². The smallest absolute Gasteiger partial charge is 0.405 e. The summed E-state index contributed by atoms with van der Waals surface area (Å²) in [6.45, 7) is 17.0. The van der Waals surface area contributed by atoms with E-state index in [-0.39, 0.29) is 64.1 Å². The van der Waals surface area contributed by atoms with Crippen molar-refractivity contribution >= 4 is 23.6 Å². The van der Waals surface area contributed by atoms with Crippen LogP contribution in [0.15, 0.2) is 11.1 Å². The number of amides is 1. The second-order valence-electron chi connectivity index (χ2n) is 18.3. The van der Waals surface area contributed by atoms with Crippen molar-refractivity contribution in [3.63, 3.8) is 0 Å². The molecule has 0 unspecified atom stereocenters. The first-order valence-corrected chi connectivity index (χ1v) is 17.9. The standard InChI is InChI=1S/C38H56F3NO6/c1-21(2)28-23(43)18-37(30(45)42-20-38(39,40)41)17-16-35(8)22(29(28)37)10-11-25-34(7)14-13-26(48-27(44)19-32(3,4)31(46)47)33(5,6)24(34)12-15-36(25,35)9/h21-22,24-26H,10-20H2,1-9H3,(H,42,45)(H,46,47)/t22-,24+,25-,26+,34+,35-,36-,37-/m1/s1.